The Bertz CT molecular complexity index is 658. The summed E-state index contributed by atoms with van der Waals surface area (Å²) in [7, 11) is 0. The number of halogens is 1. The monoisotopic (exact) mass is 292 g/mol. The average Bonchev–Trinajstić information content (AvgIpc) is 2.74. The minimum absolute atomic E-state index is 0.223. The zero-order chi connectivity index (χ0) is 14.1. The zero-order valence-corrected chi connectivity index (χ0v) is 12.7. The predicted molar refractivity (Wildman–Crippen MR) is 82.8 cm³/mol. The third-order valence-electron chi connectivity index (χ3n) is 4.57. The third-order valence-corrected chi connectivity index (χ3v) is 4.89. The molecule has 1 saturated carbocycles. The van der Waals surface area contributed by atoms with E-state index < -0.39 is 0 Å². The highest BCUT2D eigenvalue weighted by molar-refractivity contribution is 7.71. The number of fused-ring (bicyclic) bond motifs is 1. The van der Waals surface area contributed by atoms with Gasteiger partial charge in [-0.1, -0.05) is 32.3 Å². The van der Waals surface area contributed by atoms with E-state index in [0.29, 0.717) is 10.3 Å². The molecule has 3 rings (SSSR count). The van der Waals surface area contributed by atoms with Crippen LogP contribution in [0.3, 0.4) is 0 Å². The Hall–Kier alpha value is -1.16. The van der Waals surface area contributed by atoms with Gasteiger partial charge in [-0.05, 0) is 49.0 Å². The Morgan fingerprint density at radius 1 is 1.40 bits per heavy atom. The Kier molecular flexibility index (Phi) is 3.92. The number of nitrogens with zero attached hydrogens (tertiary/aromatic N) is 1. The molecule has 108 valence electrons. The van der Waals surface area contributed by atoms with Crippen LogP contribution < -0.4 is 0 Å². The maximum Gasteiger partial charge on any atom is 0.178 e. The summed E-state index contributed by atoms with van der Waals surface area (Å²) in [6, 6.07) is 5.16. The van der Waals surface area contributed by atoms with Gasteiger partial charge in [-0.25, -0.2) is 4.39 Å². The fourth-order valence-electron chi connectivity index (χ4n) is 3.50. The number of hydrogen-bond acceptors (Lipinski definition) is 1. The number of aromatic amines is 1. The Morgan fingerprint density at radius 2 is 2.25 bits per heavy atom. The molecule has 4 heteroatoms. The number of aromatic nitrogens is 2. The summed E-state index contributed by atoms with van der Waals surface area (Å²) in [5.41, 5.74) is 1.42. The molecule has 0 saturated heterocycles. The van der Waals surface area contributed by atoms with Crippen molar-refractivity contribution < 1.29 is 4.39 Å². The molecule has 2 nitrogen and oxygen atoms in total. The summed E-state index contributed by atoms with van der Waals surface area (Å²) >= 11 is 5.34. The number of para-hydroxylation sites is 1. The van der Waals surface area contributed by atoms with Gasteiger partial charge in [0, 0.05) is 6.54 Å². The van der Waals surface area contributed by atoms with E-state index in [4.69, 9.17) is 12.2 Å². The van der Waals surface area contributed by atoms with E-state index in [-0.39, 0.29) is 5.82 Å². The number of H-pyrrole nitrogens is 1. The molecule has 0 amide bonds. The van der Waals surface area contributed by atoms with Crippen LogP contribution in [0.15, 0.2) is 18.2 Å². The summed E-state index contributed by atoms with van der Waals surface area (Å²) in [5.74, 6) is 1.42. The number of hydrogen-bond donors (Lipinski definition) is 1. The number of aryl methyl sites for hydroxylation is 1. The Balaban J connectivity index is 1.79. The molecule has 1 aliphatic carbocycles. The van der Waals surface area contributed by atoms with Crippen LogP contribution in [0.1, 0.15) is 39.0 Å². The van der Waals surface area contributed by atoms with Crippen molar-refractivity contribution in [3.05, 3.63) is 28.8 Å². The number of benzene rings is 1. The highest BCUT2D eigenvalue weighted by atomic mass is 32.1. The summed E-state index contributed by atoms with van der Waals surface area (Å²) in [4.78, 5) is 2.99. The first-order valence-electron chi connectivity index (χ1n) is 7.52. The number of imidazole rings is 1. The van der Waals surface area contributed by atoms with Gasteiger partial charge in [0.2, 0.25) is 0 Å². The minimum atomic E-state index is -0.223. The average molecular weight is 292 g/mol. The van der Waals surface area contributed by atoms with Crippen LogP contribution in [0.5, 0.6) is 0 Å². The van der Waals surface area contributed by atoms with Crippen LogP contribution in [0.2, 0.25) is 0 Å². The van der Waals surface area contributed by atoms with Crippen molar-refractivity contribution in [3.63, 3.8) is 0 Å². The van der Waals surface area contributed by atoms with Crippen molar-refractivity contribution in [2.24, 2.45) is 11.8 Å². The molecule has 0 spiro atoms. The van der Waals surface area contributed by atoms with Gasteiger partial charge in [-0.15, -0.1) is 0 Å². The first kappa shape index (κ1) is 13.8. The van der Waals surface area contributed by atoms with E-state index >= 15 is 0 Å². The number of rotatable bonds is 3. The quantitative estimate of drug-likeness (QED) is 0.785. The first-order chi connectivity index (χ1) is 9.65. The van der Waals surface area contributed by atoms with E-state index in [0.717, 1.165) is 30.3 Å². The summed E-state index contributed by atoms with van der Waals surface area (Å²) in [6.07, 6.45) is 6.51. The van der Waals surface area contributed by atoms with E-state index in [2.05, 4.69) is 11.9 Å². The molecule has 1 aromatic carbocycles. The standard InChI is InChI=1S/C16H21FN2S/c1-11-4-2-5-12(10-11)8-9-19-14-7-3-6-13(17)15(14)18-16(19)20/h3,6-7,11-12H,2,4-5,8-10H2,1H3,(H,18,20). The molecular formula is C16H21FN2S. The van der Waals surface area contributed by atoms with Crippen LogP contribution in [-0.2, 0) is 6.54 Å². The van der Waals surface area contributed by atoms with Crippen molar-refractivity contribution in [1.29, 1.82) is 0 Å². The molecule has 2 unspecified atom stereocenters. The van der Waals surface area contributed by atoms with Crippen molar-refractivity contribution in [1.82, 2.24) is 9.55 Å². The molecule has 2 aromatic rings. The van der Waals surface area contributed by atoms with E-state index in [1.807, 2.05) is 10.6 Å². The first-order valence-corrected chi connectivity index (χ1v) is 7.93. The molecule has 0 radical (unpaired) electrons. The smallest absolute Gasteiger partial charge is 0.178 e. The SMILES string of the molecule is CC1CCCC(CCn2c(=S)[nH]c3c(F)cccc32)C1. The molecule has 1 aromatic heterocycles. The molecule has 1 fully saturated rings. The second-order valence-electron chi connectivity index (χ2n) is 6.14. The zero-order valence-electron chi connectivity index (χ0n) is 11.9. The predicted octanol–water partition coefficient (Wildman–Crippen LogP) is 5.05. The van der Waals surface area contributed by atoms with Crippen LogP contribution >= 0.6 is 12.2 Å². The lowest BCUT2D eigenvalue weighted by Gasteiger charge is -2.26. The molecule has 0 aliphatic heterocycles. The van der Waals surface area contributed by atoms with Gasteiger partial charge in [-0.2, -0.15) is 0 Å². The van der Waals surface area contributed by atoms with Crippen molar-refractivity contribution in [3.8, 4) is 0 Å². The molecule has 20 heavy (non-hydrogen) atoms. The summed E-state index contributed by atoms with van der Waals surface area (Å²) in [5, 5.41) is 0. The normalized spacial score (nSPS) is 23.3. The lowest BCUT2D eigenvalue weighted by atomic mass is 9.81. The molecule has 2 atom stereocenters. The molecule has 1 N–H and O–H groups in total. The van der Waals surface area contributed by atoms with Crippen LogP contribution in [0, 0.1) is 22.4 Å². The highest BCUT2D eigenvalue weighted by Gasteiger charge is 2.19. The van der Waals surface area contributed by atoms with E-state index in [9.17, 15) is 4.39 Å². The van der Waals surface area contributed by atoms with Gasteiger partial charge < -0.3 is 9.55 Å². The number of nitrogens with one attached hydrogen (secondary N) is 1. The highest BCUT2D eigenvalue weighted by Crippen LogP contribution is 2.31. The second kappa shape index (κ2) is 5.68. The van der Waals surface area contributed by atoms with Gasteiger partial charge in [0.05, 0.1) is 5.52 Å². The second-order valence-corrected chi connectivity index (χ2v) is 6.53. The fourth-order valence-corrected chi connectivity index (χ4v) is 3.79. The van der Waals surface area contributed by atoms with Gasteiger partial charge in [0.1, 0.15) is 11.3 Å². The van der Waals surface area contributed by atoms with Crippen molar-refractivity contribution in [2.75, 3.05) is 0 Å². The topological polar surface area (TPSA) is 20.7 Å². The van der Waals surface area contributed by atoms with Gasteiger partial charge in [0.25, 0.3) is 0 Å². The third kappa shape index (κ3) is 2.66. The molecule has 1 aliphatic rings. The van der Waals surface area contributed by atoms with Crippen molar-refractivity contribution in [2.45, 2.75) is 45.6 Å². The lowest BCUT2D eigenvalue weighted by Crippen LogP contribution is -2.15. The van der Waals surface area contributed by atoms with Gasteiger partial charge >= 0.3 is 0 Å². The van der Waals surface area contributed by atoms with Crippen LogP contribution in [0.4, 0.5) is 4.39 Å². The minimum Gasteiger partial charge on any atom is -0.328 e. The Labute approximate surface area is 124 Å². The van der Waals surface area contributed by atoms with E-state index in [1.165, 1.54) is 31.7 Å². The summed E-state index contributed by atoms with van der Waals surface area (Å²) < 4.78 is 16.4. The molecular weight excluding hydrogens is 271 g/mol. The summed E-state index contributed by atoms with van der Waals surface area (Å²) in [6.45, 7) is 3.23. The van der Waals surface area contributed by atoms with E-state index in [1.54, 1.807) is 6.07 Å². The maximum atomic E-state index is 13.7. The van der Waals surface area contributed by atoms with Crippen LogP contribution in [-0.4, -0.2) is 9.55 Å². The maximum absolute atomic E-state index is 13.7. The van der Waals surface area contributed by atoms with Crippen molar-refractivity contribution >= 4 is 23.3 Å². The molecule has 0 bridgehead atoms. The van der Waals surface area contributed by atoms with Crippen LogP contribution in [0.25, 0.3) is 11.0 Å². The molecule has 1 heterocycles. The van der Waals surface area contributed by atoms with Gasteiger partial charge in [-0.3, -0.25) is 0 Å². The lowest BCUT2D eigenvalue weighted by molar-refractivity contribution is 0.261. The fraction of sp³-hybridized carbons (Fsp3) is 0.562. The largest absolute Gasteiger partial charge is 0.328 e. The van der Waals surface area contributed by atoms with Gasteiger partial charge in [0.15, 0.2) is 4.77 Å². The Morgan fingerprint density at radius 3 is 3.05 bits per heavy atom.